The Balaban J connectivity index is 1.97. The predicted octanol–water partition coefficient (Wildman–Crippen LogP) is 1.87. The van der Waals surface area contributed by atoms with Crippen LogP contribution in [0.15, 0.2) is 35.5 Å². The fraction of sp³-hybridized carbons (Fsp3) is 0.167. The first-order chi connectivity index (χ1) is 9.19. The number of hydrogen-bond acceptors (Lipinski definition) is 5. The molecule has 0 unspecified atom stereocenters. The summed E-state index contributed by atoms with van der Waals surface area (Å²) in [4.78, 5) is 4.34. The van der Waals surface area contributed by atoms with Gasteiger partial charge in [-0.2, -0.15) is 4.98 Å². The number of allylic oxidation sites excluding steroid dienone is 1. The van der Waals surface area contributed by atoms with E-state index in [1.807, 2.05) is 12.3 Å². The molecule has 1 aromatic heterocycles. The van der Waals surface area contributed by atoms with Crippen LogP contribution >= 0.6 is 11.8 Å². The van der Waals surface area contributed by atoms with Gasteiger partial charge in [-0.15, -0.1) is 5.10 Å². The van der Waals surface area contributed by atoms with Gasteiger partial charge in [0.1, 0.15) is 5.82 Å². The Morgan fingerprint density at radius 2 is 2.05 bits per heavy atom. The predicted molar refractivity (Wildman–Crippen MR) is 72.8 cm³/mol. The molecule has 98 valence electrons. The summed E-state index contributed by atoms with van der Waals surface area (Å²) < 4.78 is 14.7. The number of hydrogen-bond donors (Lipinski definition) is 1. The van der Waals surface area contributed by atoms with Gasteiger partial charge in [-0.1, -0.05) is 11.8 Å². The molecule has 2 aromatic rings. The molecule has 0 spiro atoms. The fourth-order valence-corrected chi connectivity index (χ4v) is 2.31. The van der Waals surface area contributed by atoms with E-state index in [4.69, 9.17) is 5.84 Å². The normalized spacial score (nSPS) is 14.3. The van der Waals surface area contributed by atoms with Gasteiger partial charge < -0.3 is 0 Å². The van der Waals surface area contributed by atoms with Gasteiger partial charge in [0.2, 0.25) is 11.1 Å². The van der Waals surface area contributed by atoms with Crippen molar-refractivity contribution in [3.8, 4) is 0 Å². The number of hydrazine groups is 1. The smallest absolute Gasteiger partial charge is 0.244 e. The summed E-state index contributed by atoms with van der Waals surface area (Å²) in [5.41, 5.74) is 1.65. The van der Waals surface area contributed by atoms with Gasteiger partial charge in [0.15, 0.2) is 0 Å². The number of nitrogens with two attached hydrogens (primary N) is 1. The van der Waals surface area contributed by atoms with Crippen molar-refractivity contribution < 1.29 is 4.39 Å². The van der Waals surface area contributed by atoms with Gasteiger partial charge in [0.05, 0.1) is 12.2 Å². The number of anilines is 1. The molecule has 0 aliphatic carbocycles. The molecule has 3 rings (SSSR count). The number of rotatable bonds is 2. The van der Waals surface area contributed by atoms with E-state index < -0.39 is 0 Å². The van der Waals surface area contributed by atoms with Crippen LogP contribution in [-0.4, -0.2) is 21.0 Å². The molecule has 0 fully saturated rings. The van der Waals surface area contributed by atoms with Crippen molar-refractivity contribution in [1.29, 1.82) is 0 Å². The van der Waals surface area contributed by atoms with E-state index in [9.17, 15) is 4.39 Å². The van der Waals surface area contributed by atoms with Crippen LogP contribution in [0.5, 0.6) is 0 Å². The van der Waals surface area contributed by atoms with Crippen molar-refractivity contribution in [2.24, 2.45) is 5.84 Å². The molecule has 0 atom stereocenters. The SMILES string of the molecule is CSc1nc2n(n1)CC=C(c1ccc(F)cc1)N2N. The van der Waals surface area contributed by atoms with Gasteiger partial charge in [0.25, 0.3) is 0 Å². The molecule has 7 heteroatoms. The number of fused-ring (bicyclic) bond motifs is 1. The second-order valence-corrected chi connectivity index (χ2v) is 4.82. The maximum atomic E-state index is 12.9. The zero-order valence-corrected chi connectivity index (χ0v) is 11.1. The minimum Gasteiger partial charge on any atom is -0.246 e. The van der Waals surface area contributed by atoms with Crippen molar-refractivity contribution in [2.45, 2.75) is 11.7 Å². The standard InChI is InChI=1S/C12H12FN5S/c1-19-11-15-12-17(16-11)7-6-10(18(12)14)8-2-4-9(13)5-3-8/h2-6H,7,14H2,1H3. The third-order valence-electron chi connectivity index (χ3n) is 2.89. The van der Waals surface area contributed by atoms with Gasteiger partial charge in [-0.3, -0.25) is 0 Å². The maximum Gasteiger partial charge on any atom is 0.244 e. The summed E-state index contributed by atoms with van der Waals surface area (Å²) in [6.07, 6.45) is 3.86. The van der Waals surface area contributed by atoms with Crippen LogP contribution in [0.4, 0.5) is 10.3 Å². The van der Waals surface area contributed by atoms with Gasteiger partial charge in [0, 0.05) is 0 Å². The van der Waals surface area contributed by atoms with Crippen molar-refractivity contribution in [1.82, 2.24) is 14.8 Å². The highest BCUT2D eigenvalue weighted by Crippen LogP contribution is 2.27. The van der Waals surface area contributed by atoms with Gasteiger partial charge >= 0.3 is 0 Å². The molecular weight excluding hydrogens is 265 g/mol. The molecule has 2 heterocycles. The third-order valence-corrected chi connectivity index (χ3v) is 3.43. The Hall–Kier alpha value is -1.86. The van der Waals surface area contributed by atoms with Crippen LogP contribution < -0.4 is 10.9 Å². The lowest BCUT2D eigenvalue weighted by Crippen LogP contribution is -2.34. The van der Waals surface area contributed by atoms with E-state index in [0.29, 0.717) is 17.6 Å². The maximum absolute atomic E-state index is 12.9. The Bertz CT molecular complexity index is 634. The third kappa shape index (κ3) is 2.11. The Kier molecular flexibility index (Phi) is 3.00. The summed E-state index contributed by atoms with van der Waals surface area (Å²) >= 11 is 1.47. The Morgan fingerprint density at radius 1 is 1.32 bits per heavy atom. The van der Waals surface area contributed by atoms with Crippen LogP contribution in [0.25, 0.3) is 5.70 Å². The van der Waals surface area contributed by atoms with Gasteiger partial charge in [-0.05, 0) is 42.2 Å². The van der Waals surface area contributed by atoms with E-state index >= 15 is 0 Å². The van der Waals surface area contributed by atoms with E-state index in [1.165, 1.54) is 28.9 Å². The zero-order chi connectivity index (χ0) is 13.4. The van der Waals surface area contributed by atoms with Crippen LogP contribution in [0, 0.1) is 5.82 Å². The summed E-state index contributed by atoms with van der Waals surface area (Å²) in [6, 6.07) is 6.22. The molecule has 19 heavy (non-hydrogen) atoms. The summed E-state index contributed by atoms with van der Waals surface area (Å²) in [7, 11) is 0. The van der Waals surface area contributed by atoms with E-state index in [-0.39, 0.29) is 5.82 Å². The van der Waals surface area contributed by atoms with Crippen LogP contribution in [-0.2, 0) is 6.54 Å². The van der Waals surface area contributed by atoms with Crippen molar-refractivity contribution in [3.05, 3.63) is 41.7 Å². The highest BCUT2D eigenvalue weighted by atomic mass is 32.2. The average molecular weight is 277 g/mol. The first kappa shape index (κ1) is 12.2. The van der Waals surface area contributed by atoms with E-state index in [1.54, 1.807) is 16.8 Å². The average Bonchev–Trinajstić information content (AvgIpc) is 2.85. The highest BCUT2D eigenvalue weighted by molar-refractivity contribution is 7.98. The van der Waals surface area contributed by atoms with Crippen LogP contribution in [0.2, 0.25) is 0 Å². The Labute approximate surface area is 113 Å². The molecule has 0 saturated heterocycles. The van der Waals surface area contributed by atoms with Crippen molar-refractivity contribution >= 4 is 23.4 Å². The minimum absolute atomic E-state index is 0.267. The quantitative estimate of drug-likeness (QED) is 0.671. The largest absolute Gasteiger partial charge is 0.246 e. The second-order valence-electron chi connectivity index (χ2n) is 4.05. The van der Waals surface area contributed by atoms with Gasteiger partial charge in [-0.25, -0.2) is 19.9 Å². The molecule has 2 N–H and O–H groups in total. The summed E-state index contributed by atoms with van der Waals surface area (Å²) in [5, 5.41) is 6.46. The van der Waals surface area contributed by atoms with Crippen molar-refractivity contribution in [3.63, 3.8) is 0 Å². The van der Waals surface area contributed by atoms with E-state index in [2.05, 4.69) is 10.1 Å². The summed E-state index contributed by atoms with van der Waals surface area (Å²) in [5.74, 6) is 6.39. The number of nitrogens with zero attached hydrogens (tertiary/aromatic N) is 4. The first-order valence-corrected chi connectivity index (χ1v) is 6.91. The fourth-order valence-electron chi connectivity index (χ4n) is 1.96. The molecule has 5 nitrogen and oxygen atoms in total. The number of benzene rings is 1. The lowest BCUT2D eigenvalue weighted by molar-refractivity contribution is 0.627. The van der Waals surface area contributed by atoms with E-state index in [0.717, 1.165) is 11.3 Å². The topological polar surface area (TPSA) is 60.0 Å². The zero-order valence-electron chi connectivity index (χ0n) is 10.2. The number of halogens is 1. The monoisotopic (exact) mass is 277 g/mol. The highest BCUT2D eigenvalue weighted by Gasteiger charge is 2.22. The van der Waals surface area contributed by atoms with Crippen molar-refractivity contribution in [2.75, 3.05) is 11.3 Å². The molecule has 0 amide bonds. The molecule has 0 radical (unpaired) electrons. The van der Waals surface area contributed by atoms with Crippen LogP contribution in [0.1, 0.15) is 5.56 Å². The molecular formula is C12H12FN5S. The molecule has 1 aliphatic heterocycles. The number of aromatic nitrogens is 3. The first-order valence-electron chi connectivity index (χ1n) is 5.69. The Morgan fingerprint density at radius 3 is 2.74 bits per heavy atom. The lowest BCUT2D eigenvalue weighted by atomic mass is 10.1. The lowest BCUT2D eigenvalue weighted by Gasteiger charge is -2.24. The molecule has 0 saturated carbocycles. The molecule has 1 aliphatic rings. The molecule has 1 aromatic carbocycles. The molecule has 0 bridgehead atoms. The summed E-state index contributed by atoms with van der Waals surface area (Å²) in [6.45, 7) is 0.600. The minimum atomic E-state index is -0.267. The second kappa shape index (κ2) is 4.67. The number of thioether (sulfide) groups is 1. The van der Waals surface area contributed by atoms with Crippen LogP contribution in [0.3, 0.4) is 0 Å².